The first-order valence-corrected chi connectivity index (χ1v) is 24.3. The highest BCUT2D eigenvalue weighted by molar-refractivity contribution is 5.91. The molecule has 0 unspecified atom stereocenters. The molecule has 0 aliphatic carbocycles. The Hall–Kier alpha value is -5.04. The molecule has 4 fully saturated rings. The third-order valence-corrected chi connectivity index (χ3v) is 13.3. The zero-order chi connectivity index (χ0) is 44.9. The van der Waals surface area contributed by atoms with Crippen LogP contribution in [-0.4, -0.2) is 155 Å². The largest absolute Gasteiger partial charge is 0.392 e. The van der Waals surface area contributed by atoms with Crippen molar-refractivity contribution in [2.75, 3.05) is 115 Å². The number of likely N-dealkylation sites (tertiary alicyclic amines) is 2. The molecule has 66 heavy (non-hydrogen) atoms. The summed E-state index contributed by atoms with van der Waals surface area (Å²) < 4.78 is 11.1. The van der Waals surface area contributed by atoms with Gasteiger partial charge < -0.3 is 59.9 Å². The highest BCUT2D eigenvalue weighted by Gasteiger charge is 2.23. The van der Waals surface area contributed by atoms with Crippen LogP contribution in [0.3, 0.4) is 0 Å². The topological polar surface area (TPSA) is 179 Å². The van der Waals surface area contributed by atoms with E-state index in [-0.39, 0.29) is 13.2 Å². The van der Waals surface area contributed by atoms with Gasteiger partial charge in [0, 0.05) is 100 Å². The van der Waals surface area contributed by atoms with E-state index in [1.165, 1.54) is 64.7 Å². The Bertz CT molecular complexity index is 2280. The van der Waals surface area contributed by atoms with Crippen LogP contribution in [0.5, 0.6) is 0 Å². The molecule has 4 aliphatic heterocycles. The molecule has 10 rings (SSSR count). The number of fused-ring (bicyclic) bond motifs is 2. The zero-order valence-corrected chi connectivity index (χ0v) is 38.4. The maximum atomic E-state index is 9.59. The molecule has 0 bridgehead atoms. The van der Waals surface area contributed by atoms with Crippen LogP contribution in [0.1, 0.15) is 60.8 Å². The average Bonchev–Trinajstić information content (AvgIpc) is 4.01. The van der Waals surface area contributed by atoms with E-state index < -0.39 is 0 Å². The second kappa shape index (κ2) is 23.1. The third-order valence-electron chi connectivity index (χ3n) is 13.3. The van der Waals surface area contributed by atoms with E-state index in [1.54, 1.807) is 0 Å². The van der Waals surface area contributed by atoms with E-state index in [2.05, 4.69) is 52.6 Å². The molecule has 4 saturated heterocycles. The summed E-state index contributed by atoms with van der Waals surface area (Å²) in [5.41, 5.74) is 9.74. The van der Waals surface area contributed by atoms with E-state index in [9.17, 15) is 10.2 Å². The first-order chi connectivity index (χ1) is 32.6. The van der Waals surface area contributed by atoms with Crippen molar-refractivity contribution in [1.82, 2.24) is 50.3 Å². The van der Waals surface area contributed by atoms with Crippen molar-refractivity contribution in [1.29, 1.82) is 0 Å². The van der Waals surface area contributed by atoms with Crippen LogP contribution in [-0.2, 0) is 35.8 Å². The first-order valence-electron chi connectivity index (χ1n) is 24.3. The quantitative estimate of drug-likeness (QED) is 0.0711. The van der Waals surface area contributed by atoms with Gasteiger partial charge in [-0.2, -0.15) is 0 Å². The molecule has 4 aromatic heterocycles. The minimum absolute atomic E-state index is 0.00273. The molecular formula is C50H68N12O4. The maximum Gasteiger partial charge on any atom is 0.162 e. The van der Waals surface area contributed by atoms with Gasteiger partial charge in [-0.05, 0) is 75.1 Å². The van der Waals surface area contributed by atoms with E-state index in [0.717, 1.165) is 133 Å². The Balaban J connectivity index is 0.000000166. The van der Waals surface area contributed by atoms with Crippen molar-refractivity contribution in [2.24, 2.45) is 0 Å². The summed E-state index contributed by atoms with van der Waals surface area (Å²) in [5.74, 6) is 3.22. The molecule has 0 radical (unpaired) electrons. The monoisotopic (exact) mass is 901 g/mol. The van der Waals surface area contributed by atoms with E-state index in [4.69, 9.17) is 29.4 Å². The number of hydrogen-bond donors (Lipinski definition) is 6. The van der Waals surface area contributed by atoms with Crippen molar-refractivity contribution in [3.8, 4) is 22.8 Å². The van der Waals surface area contributed by atoms with Gasteiger partial charge in [0.25, 0.3) is 0 Å². The van der Waals surface area contributed by atoms with Crippen molar-refractivity contribution >= 4 is 33.7 Å². The van der Waals surface area contributed by atoms with Crippen LogP contribution in [0, 0.1) is 0 Å². The number of nitrogens with one attached hydrogen (secondary N) is 4. The normalized spacial score (nSPS) is 17.7. The lowest BCUT2D eigenvalue weighted by molar-refractivity contribution is 0.122. The highest BCUT2D eigenvalue weighted by atomic mass is 16.5. The predicted octanol–water partition coefficient (Wildman–Crippen LogP) is 5.06. The van der Waals surface area contributed by atoms with Crippen molar-refractivity contribution in [3.05, 3.63) is 83.2 Å². The summed E-state index contributed by atoms with van der Waals surface area (Å²) in [4.78, 5) is 36.4. The molecular weight excluding hydrogens is 833 g/mol. The molecule has 0 spiro atoms. The predicted molar refractivity (Wildman–Crippen MR) is 261 cm³/mol. The lowest BCUT2D eigenvalue weighted by atomic mass is 10.1. The van der Waals surface area contributed by atoms with Crippen LogP contribution in [0.2, 0.25) is 0 Å². The number of H-pyrrole nitrogens is 2. The molecule has 16 heteroatoms. The second-order valence-corrected chi connectivity index (χ2v) is 17.9. The van der Waals surface area contributed by atoms with E-state index >= 15 is 0 Å². The summed E-state index contributed by atoms with van der Waals surface area (Å²) >= 11 is 0. The van der Waals surface area contributed by atoms with Crippen LogP contribution in [0.15, 0.2) is 60.9 Å². The number of aromatic nitrogens is 6. The number of hydrogen-bond acceptors (Lipinski definition) is 14. The Morgan fingerprint density at radius 2 is 0.955 bits per heavy atom. The zero-order valence-electron chi connectivity index (χ0n) is 38.4. The number of piperidine rings is 2. The second-order valence-electron chi connectivity index (χ2n) is 17.9. The minimum atomic E-state index is 0.00273. The van der Waals surface area contributed by atoms with E-state index in [0.29, 0.717) is 38.1 Å². The molecule has 6 N–H and O–H groups in total. The number of morpholine rings is 2. The van der Waals surface area contributed by atoms with E-state index in [1.807, 2.05) is 48.5 Å². The van der Waals surface area contributed by atoms with Gasteiger partial charge >= 0.3 is 0 Å². The maximum absolute atomic E-state index is 9.59. The van der Waals surface area contributed by atoms with Crippen molar-refractivity contribution in [2.45, 2.75) is 64.8 Å². The molecule has 0 amide bonds. The van der Waals surface area contributed by atoms with Gasteiger partial charge in [-0.25, -0.2) is 19.9 Å². The fourth-order valence-electron chi connectivity index (χ4n) is 9.52. The Morgan fingerprint density at radius 1 is 0.530 bits per heavy atom. The summed E-state index contributed by atoms with van der Waals surface area (Å²) in [6.07, 6.45) is 12.2. The number of aromatic amines is 2. The van der Waals surface area contributed by atoms with Gasteiger partial charge in [0.15, 0.2) is 23.3 Å². The van der Waals surface area contributed by atoms with Crippen LogP contribution in [0.25, 0.3) is 44.8 Å². The molecule has 0 saturated carbocycles. The van der Waals surface area contributed by atoms with Gasteiger partial charge in [0.05, 0.1) is 50.7 Å². The molecule has 4 aliphatic rings. The lowest BCUT2D eigenvalue weighted by Crippen LogP contribution is -2.37. The highest BCUT2D eigenvalue weighted by Crippen LogP contribution is 2.32. The third kappa shape index (κ3) is 11.5. The van der Waals surface area contributed by atoms with Crippen LogP contribution < -0.4 is 20.4 Å². The molecule has 0 atom stereocenters. The molecule has 2 aromatic carbocycles. The van der Waals surface area contributed by atoms with Crippen LogP contribution in [0.4, 0.5) is 11.6 Å². The number of benzene rings is 2. The first kappa shape index (κ1) is 46.1. The summed E-state index contributed by atoms with van der Waals surface area (Å²) in [6, 6.07) is 15.7. The number of ether oxygens (including phenoxy) is 2. The lowest BCUT2D eigenvalue weighted by Gasteiger charge is -2.28. The fourth-order valence-corrected chi connectivity index (χ4v) is 9.52. The average molecular weight is 901 g/mol. The number of aliphatic hydroxyl groups excluding tert-OH is 2. The van der Waals surface area contributed by atoms with Gasteiger partial charge in [-0.1, -0.05) is 49.2 Å². The van der Waals surface area contributed by atoms with Crippen molar-refractivity contribution in [3.63, 3.8) is 0 Å². The number of aliphatic hydroxyl groups is 2. The summed E-state index contributed by atoms with van der Waals surface area (Å²) in [6.45, 7) is 16.6. The SMILES string of the molecule is OCc1cccc(-c2nc(N3CCOCC3)c3[nH]cc(CNCCN4CCCCC4)c3n2)c1.OCc1cccc(-c2nc(N3CCOCC3)c3[nH]cc(CNCCN4CCCCC4)c3n2)c1. The number of anilines is 2. The standard InChI is InChI=1S/2C25H34N6O2/c2*32-18-19-5-4-6-20(15-19)24-28-22-21(16-26-7-10-30-8-2-1-3-9-30)17-27-23(22)25(29-24)31-11-13-33-14-12-31/h2*4-6,15,17,26-27,32H,1-3,7-14,16,18H2. The molecule has 6 aromatic rings. The minimum Gasteiger partial charge on any atom is -0.392 e. The van der Waals surface area contributed by atoms with Crippen LogP contribution >= 0.6 is 0 Å². The van der Waals surface area contributed by atoms with Gasteiger partial charge in [0.1, 0.15) is 11.0 Å². The van der Waals surface area contributed by atoms with Gasteiger partial charge in [-0.15, -0.1) is 0 Å². The summed E-state index contributed by atoms with van der Waals surface area (Å²) in [7, 11) is 0. The molecule has 8 heterocycles. The molecule has 16 nitrogen and oxygen atoms in total. The van der Waals surface area contributed by atoms with Gasteiger partial charge in [-0.3, -0.25) is 0 Å². The van der Waals surface area contributed by atoms with Crippen molar-refractivity contribution < 1.29 is 19.7 Å². The molecule has 352 valence electrons. The number of rotatable bonds is 16. The Kier molecular flexibility index (Phi) is 16.1. The number of nitrogens with zero attached hydrogens (tertiary/aromatic N) is 8. The summed E-state index contributed by atoms with van der Waals surface area (Å²) in [5, 5.41) is 26.4. The smallest absolute Gasteiger partial charge is 0.162 e. The Labute approximate surface area is 388 Å². The Morgan fingerprint density at radius 3 is 1.36 bits per heavy atom. The fraction of sp³-hybridized carbons (Fsp3) is 0.520. The van der Waals surface area contributed by atoms with Gasteiger partial charge in [0.2, 0.25) is 0 Å².